The summed E-state index contributed by atoms with van der Waals surface area (Å²) in [6.45, 7) is 12.8. The first kappa shape index (κ1) is 76.5. The first-order valence-electron chi connectivity index (χ1n) is 16.2. The van der Waals surface area contributed by atoms with Crippen molar-refractivity contribution in [2.24, 2.45) is 9.98 Å². The van der Waals surface area contributed by atoms with Crippen LogP contribution in [0.3, 0.4) is 0 Å². The van der Waals surface area contributed by atoms with Gasteiger partial charge in [-0.05, 0) is 62.8 Å². The molecule has 0 aliphatic heterocycles. The fourth-order valence-electron chi connectivity index (χ4n) is 3.05. The Balaban J connectivity index is -0.000000113. The van der Waals surface area contributed by atoms with Gasteiger partial charge in [-0.15, -0.1) is 44.0 Å². The van der Waals surface area contributed by atoms with Crippen LogP contribution in [-0.4, -0.2) is 23.9 Å². The predicted octanol–water partition coefficient (Wildman–Crippen LogP) is -0.557. The molecule has 0 unspecified atom stereocenters. The third kappa shape index (κ3) is 59.3. The number of hydrogen-bond donors (Lipinski definition) is 0. The Kier molecular flexibility index (Phi) is 60.8. The molecule has 1 aliphatic carbocycles. The Morgan fingerprint density at radius 2 is 0.625 bits per heavy atom. The average Bonchev–Trinajstić information content (AvgIpc) is 3.16. The molecule has 0 heterocycles. The van der Waals surface area contributed by atoms with Gasteiger partial charge < -0.3 is 10.2 Å². The van der Waals surface area contributed by atoms with Crippen molar-refractivity contribution in [2.45, 2.75) is 65.2 Å². The van der Waals surface area contributed by atoms with Crippen molar-refractivity contribution in [3.8, 4) is 36.4 Å². The molecular formula is C40H44Cl2N8O10Ru2S2. The van der Waals surface area contributed by atoms with Crippen LogP contribution in [0.15, 0.2) is 116 Å². The minimum Gasteiger partial charge on any atom is -0.871 e. The van der Waals surface area contributed by atoms with Crippen LogP contribution in [-0.2, 0) is 39.0 Å². The van der Waals surface area contributed by atoms with E-state index >= 15 is 0 Å². The maximum absolute atomic E-state index is 12.4. The predicted molar refractivity (Wildman–Crippen MR) is 210 cm³/mol. The number of nitrogens with zero attached hydrogens (tertiary/aromatic N) is 8. The van der Waals surface area contributed by atoms with E-state index in [0.717, 1.165) is 9.79 Å². The molecule has 0 spiro atoms. The second kappa shape index (κ2) is 50.9. The van der Waals surface area contributed by atoms with Crippen LogP contribution >= 0.6 is 23.5 Å². The summed E-state index contributed by atoms with van der Waals surface area (Å²) in [7, 11) is -9.89. The Morgan fingerprint density at radius 3 is 0.812 bits per heavy atom. The standard InChI is InChI=1S/C20H18N2O2S2.C8H10.6C2H3N.2ClHO4.2Ru/c1-25-19-9-5-3-7-13(19)21-15-11-18(24)16(12-17(15)23)22-14-8-4-6-10-20(14)26-2;1-7-3-5-8(2)6-4-7;6*1-2-3;2*2-1(3,4)5;;/h3-12,23-24H,1-2H3;3-6H,1-2H3;6*1H3;2*(H,2,3,4,5);;/q;;;;;;;;;;2*+2/p-4. The van der Waals surface area contributed by atoms with Gasteiger partial charge in [0.15, 0.2) is 0 Å². The number of thioether (sulfide) groups is 2. The van der Waals surface area contributed by atoms with Gasteiger partial charge in [0.05, 0.1) is 59.2 Å². The number of benzene rings is 3. The van der Waals surface area contributed by atoms with Gasteiger partial charge in [-0.1, -0.05) is 71.2 Å². The van der Waals surface area contributed by atoms with Crippen LogP contribution in [0.5, 0.6) is 0 Å². The molecule has 0 atom stereocenters. The van der Waals surface area contributed by atoms with E-state index in [1.165, 1.54) is 88.3 Å². The van der Waals surface area contributed by atoms with Crippen molar-refractivity contribution < 1.29 is 107 Å². The number of aryl methyl sites for hydroxylation is 2. The van der Waals surface area contributed by atoms with Crippen molar-refractivity contribution in [2.75, 3.05) is 12.5 Å². The molecule has 0 N–H and O–H groups in total. The quantitative estimate of drug-likeness (QED) is 0.180. The smallest absolute Gasteiger partial charge is 0.871 e. The second-order valence-electron chi connectivity index (χ2n) is 9.61. The number of hydrogen-bond acceptors (Lipinski definition) is 20. The summed E-state index contributed by atoms with van der Waals surface area (Å²) in [6.07, 6.45) is 6.41. The van der Waals surface area contributed by atoms with Crippen LogP contribution in [0.2, 0.25) is 0 Å². The van der Waals surface area contributed by atoms with Gasteiger partial charge in [0.2, 0.25) is 0 Å². The zero-order chi connectivity index (χ0) is 49.7. The monoisotopic (exact) mass is 1130 g/mol. The molecule has 0 amide bonds. The molecular weight excluding hydrogens is 1090 g/mol. The number of para-hydroxylation sites is 2. The molecule has 64 heavy (non-hydrogen) atoms. The van der Waals surface area contributed by atoms with E-state index in [2.05, 4.69) is 48.1 Å². The van der Waals surface area contributed by atoms with Crippen LogP contribution in [0, 0.1) is 102 Å². The molecule has 24 heteroatoms. The average molecular weight is 1130 g/mol. The van der Waals surface area contributed by atoms with Gasteiger partial charge in [0.25, 0.3) is 0 Å². The van der Waals surface area contributed by atoms with Crippen molar-refractivity contribution in [3.63, 3.8) is 0 Å². The number of halogens is 2. The molecule has 1 aliphatic rings. The summed E-state index contributed by atoms with van der Waals surface area (Å²) >= 11 is 3.08. The summed E-state index contributed by atoms with van der Waals surface area (Å²) in [5.74, 6) is -0.637. The van der Waals surface area contributed by atoms with Crippen LogP contribution < -0.4 is 47.5 Å². The number of aliphatic imine (C=N–C) groups is 2. The molecule has 3 aromatic carbocycles. The largest absolute Gasteiger partial charge is 2.00 e. The Morgan fingerprint density at radius 1 is 0.438 bits per heavy atom. The van der Waals surface area contributed by atoms with Crippen LogP contribution in [0.4, 0.5) is 11.4 Å². The number of allylic oxidation sites excluding steroid dienone is 2. The number of rotatable bonds is 4. The van der Waals surface area contributed by atoms with Crippen molar-refractivity contribution in [1.29, 1.82) is 31.6 Å². The third-order valence-corrected chi connectivity index (χ3v) is 6.48. The van der Waals surface area contributed by atoms with Crippen molar-refractivity contribution in [1.82, 2.24) is 0 Å². The van der Waals surface area contributed by atoms with E-state index < -0.39 is 20.5 Å². The van der Waals surface area contributed by atoms with E-state index in [0.29, 0.717) is 11.4 Å². The molecule has 0 bridgehead atoms. The van der Waals surface area contributed by atoms with Gasteiger partial charge in [-0.3, -0.25) is 0 Å². The maximum Gasteiger partial charge on any atom is 2.00 e. The number of nitriles is 6. The Hall–Kier alpha value is -4.77. The molecule has 0 aromatic heterocycles. The van der Waals surface area contributed by atoms with Crippen molar-refractivity contribution in [3.05, 3.63) is 108 Å². The van der Waals surface area contributed by atoms with Crippen LogP contribution in [0.1, 0.15) is 52.7 Å². The van der Waals surface area contributed by atoms with E-state index in [9.17, 15) is 10.2 Å². The first-order valence-corrected chi connectivity index (χ1v) is 21.2. The fourth-order valence-corrected chi connectivity index (χ4v) is 4.13. The van der Waals surface area contributed by atoms with Gasteiger partial charge in [0.1, 0.15) is 0 Å². The van der Waals surface area contributed by atoms with Crippen LogP contribution in [0.25, 0.3) is 0 Å². The Labute approximate surface area is 413 Å². The molecule has 0 fully saturated rings. The SMILES string of the molecule is CC#N.CC#N.CC#N.CC#N.CC#N.CC#N.CSc1ccccc1N=C1C=C([O-])C(=Nc2ccccc2SC)C=C1[O-].Cc1ccc(C)cc1.[O-][Cl+3]([O-])([O-])[O-].[O-][Cl+3]([O-])([O-])[O-].[Ru+2].[Ru+2]. The first-order chi connectivity index (χ1) is 28.9. The topological polar surface area (TPSA) is 398 Å². The minimum absolute atomic E-state index is 0. The van der Waals surface area contributed by atoms with Gasteiger partial charge in [-0.2, -0.15) is 31.6 Å². The maximum atomic E-state index is 12.4. The summed E-state index contributed by atoms with van der Waals surface area (Å²) in [4.78, 5) is 10.6. The summed E-state index contributed by atoms with van der Waals surface area (Å²) in [6, 6.07) is 34.0. The third-order valence-electron chi connectivity index (χ3n) is 4.91. The summed E-state index contributed by atoms with van der Waals surface area (Å²) < 4.78 is 67.9. The molecule has 4 rings (SSSR count). The normalized spacial score (nSPS) is 10.8. The van der Waals surface area contributed by atoms with Gasteiger partial charge in [-0.25, -0.2) is 47.3 Å². The minimum atomic E-state index is -4.94. The molecule has 0 saturated heterocycles. The van der Waals surface area contributed by atoms with E-state index in [1.807, 2.05) is 61.0 Å². The Bertz CT molecular complexity index is 1850. The van der Waals surface area contributed by atoms with Crippen molar-refractivity contribution >= 4 is 46.3 Å². The zero-order valence-electron chi connectivity index (χ0n) is 36.0. The summed E-state index contributed by atoms with van der Waals surface area (Å²) in [5.41, 5.74) is 4.27. The summed E-state index contributed by atoms with van der Waals surface area (Å²) in [5, 5.41) is 68.8. The molecule has 0 saturated carbocycles. The van der Waals surface area contributed by atoms with E-state index in [-0.39, 0.29) is 61.9 Å². The molecule has 18 nitrogen and oxygen atoms in total. The van der Waals surface area contributed by atoms with Gasteiger partial charge in [0, 0.05) is 51.3 Å². The van der Waals surface area contributed by atoms with E-state index in [4.69, 9.17) is 68.8 Å². The molecule has 3 aromatic rings. The molecule has 0 radical (unpaired) electrons. The van der Waals surface area contributed by atoms with E-state index in [1.54, 1.807) is 36.4 Å². The molecule has 346 valence electrons. The zero-order valence-corrected chi connectivity index (χ0v) is 42.6. The fraction of sp³-hybridized carbons (Fsp3) is 0.250. The second-order valence-corrected chi connectivity index (χ2v) is 12.8. The van der Waals surface area contributed by atoms with Gasteiger partial charge >= 0.3 is 39.0 Å².